The lowest BCUT2D eigenvalue weighted by Crippen LogP contribution is -2.28. The van der Waals surface area contributed by atoms with Gasteiger partial charge in [0.05, 0.1) is 24.7 Å². The number of aryl methyl sites for hydroxylation is 1. The van der Waals surface area contributed by atoms with E-state index in [9.17, 15) is 4.79 Å². The molecule has 0 spiro atoms. The third-order valence-electron chi connectivity index (χ3n) is 6.97. The Hall–Kier alpha value is -3.38. The number of rotatable bonds is 13. The minimum Gasteiger partial charge on any atom is -0.497 e. The summed E-state index contributed by atoms with van der Waals surface area (Å²) in [7, 11) is 1.67. The molecular weight excluding hydrogens is 460 g/mol. The van der Waals surface area contributed by atoms with Crippen molar-refractivity contribution < 1.29 is 4.74 Å². The monoisotopic (exact) mass is 500 g/mol. The topological polar surface area (TPSA) is 52.3 Å². The predicted octanol–water partition coefficient (Wildman–Crippen LogP) is 6.00. The van der Waals surface area contributed by atoms with Crippen LogP contribution >= 0.6 is 0 Å². The first-order chi connectivity index (χ1) is 18.0. The van der Waals surface area contributed by atoms with E-state index in [1.807, 2.05) is 66.2 Å². The number of para-hydroxylation sites is 1. The number of methoxy groups -OCH3 is 1. The first kappa shape index (κ1) is 26.7. The van der Waals surface area contributed by atoms with Gasteiger partial charge in [0, 0.05) is 18.7 Å². The summed E-state index contributed by atoms with van der Waals surface area (Å²) < 4.78 is 9.13. The average Bonchev–Trinajstić information content (AvgIpc) is 3.20. The number of fused-ring (bicyclic) bond motifs is 1. The minimum atomic E-state index is -0.0289. The Balaban J connectivity index is 1.75. The minimum absolute atomic E-state index is 0.0289. The van der Waals surface area contributed by atoms with Crippen LogP contribution in [-0.4, -0.2) is 46.0 Å². The molecule has 0 bridgehead atoms. The number of hydrogen-bond donors (Lipinski definition) is 0. The summed E-state index contributed by atoms with van der Waals surface area (Å²) in [5.74, 6) is 0.813. The number of benzene rings is 2. The maximum atomic E-state index is 13.7. The molecule has 0 fully saturated rings. The molecule has 6 nitrogen and oxygen atoms in total. The first-order valence-corrected chi connectivity index (χ1v) is 13.6. The number of hydrogen-bond acceptors (Lipinski definition) is 4. The zero-order chi connectivity index (χ0) is 26.2. The summed E-state index contributed by atoms with van der Waals surface area (Å²) in [6.07, 6.45) is 5.72. The molecule has 4 aromatic rings. The third kappa shape index (κ3) is 6.31. The summed E-state index contributed by atoms with van der Waals surface area (Å²) >= 11 is 0. The summed E-state index contributed by atoms with van der Waals surface area (Å²) in [5.41, 5.74) is 4.66. The molecule has 2 aromatic heterocycles. The molecule has 0 aliphatic carbocycles. The fourth-order valence-electron chi connectivity index (χ4n) is 4.86. The van der Waals surface area contributed by atoms with Crippen LogP contribution in [0, 0.1) is 6.92 Å². The number of aromatic nitrogens is 3. The Morgan fingerprint density at radius 3 is 2.22 bits per heavy atom. The fraction of sp³-hybridized carbons (Fsp3) is 0.419. The van der Waals surface area contributed by atoms with E-state index in [0.29, 0.717) is 11.9 Å². The van der Waals surface area contributed by atoms with Crippen molar-refractivity contribution in [1.82, 2.24) is 19.2 Å². The van der Waals surface area contributed by atoms with Crippen molar-refractivity contribution >= 4 is 11.0 Å². The molecule has 0 aliphatic rings. The lowest BCUT2D eigenvalue weighted by molar-refractivity contribution is 0.267. The highest BCUT2D eigenvalue weighted by Gasteiger charge is 2.19. The van der Waals surface area contributed by atoms with Gasteiger partial charge in [-0.3, -0.25) is 9.48 Å². The summed E-state index contributed by atoms with van der Waals surface area (Å²) in [4.78, 5) is 21.4. The van der Waals surface area contributed by atoms with Gasteiger partial charge in [0.25, 0.3) is 5.56 Å². The second kappa shape index (κ2) is 12.7. The van der Waals surface area contributed by atoms with Crippen LogP contribution in [0.5, 0.6) is 5.75 Å². The van der Waals surface area contributed by atoms with Gasteiger partial charge in [0.2, 0.25) is 0 Å². The maximum absolute atomic E-state index is 13.7. The van der Waals surface area contributed by atoms with E-state index in [4.69, 9.17) is 9.72 Å². The second-order valence-electron chi connectivity index (χ2n) is 9.79. The fourth-order valence-corrected chi connectivity index (χ4v) is 4.86. The molecule has 6 heteroatoms. The van der Waals surface area contributed by atoms with E-state index in [1.165, 1.54) is 25.7 Å². The molecule has 0 saturated carbocycles. The summed E-state index contributed by atoms with van der Waals surface area (Å²) in [6, 6.07) is 19.9. The lowest BCUT2D eigenvalue weighted by atomic mass is 10.1. The molecular formula is C31H40N4O2. The summed E-state index contributed by atoms with van der Waals surface area (Å²) in [6.45, 7) is 10.3. The molecule has 37 heavy (non-hydrogen) atoms. The van der Waals surface area contributed by atoms with Crippen LogP contribution in [0.1, 0.15) is 56.4 Å². The van der Waals surface area contributed by atoms with E-state index >= 15 is 0 Å². The van der Waals surface area contributed by atoms with E-state index in [0.717, 1.165) is 60.0 Å². The van der Waals surface area contributed by atoms with Crippen LogP contribution < -0.4 is 10.3 Å². The van der Waals surface area contributed by atoms with Crippen molar-refractivity contribution in [2.24, 2.45) is 0 Å². The third-order valence-corrected chi connectivity index (χ3v) is 6.97. The van der Waals surface area contributed by atoms with E-state index < -0.39 is 0 Å². The Bertz CT molecular complexity index is 1330. The van der Waals surface area contributed by atoms with Crippen LogP contribution in [0.4, 0.5) is 0 Å². The highest BCUT2D eigenvalue weighted by Crippen LogP contribution is 2.21. The average molecular weight is 501 g/mol. The van der Waals surface area contributed by atoms with Gasteiger partial charge in [-0.25, -0.2) is 9.67 Å². The molecule has 4 rings (SSSR count). The van der Waals surface area contributed by atoms with Gasteiger partial charge in [-0.2, -0.15) is 0 Å². The number of ether oxygens (including phenoxy) is 1. The van der Waals surface area contributed by atoms with Crippen LogP contribution in [0.25, 0.3) is 16.7 Å². The number of pyridine rings is 1. The van der Waals surface area contributed by atoms with E-state index in [2.05, 4.69) is 24.8 Å². The van der Waals surface area contributed by atoms with Crippen molar-refractivity contribution in [3.8, 4) is 11.4 Å². The molecule has 0 atom stereocenters. The van der Waals surface area contributed by atoms with E-state index in [-0.39, 0.29) is 5.56 Å². The van der Waals surface area contributed by atoms with Crippen molar-refractivity contribution in [3.63, 3.8) is 0 Å². The normalized spacial score (nSPS) is 11.5. The van der Waals surface area contributed by atoms with E-state index in [1.54, 1.807) is 11.8 Å². The van der Waals surface area contributed by atoms with Crippen molar-refractivity contribution in [2.45, 2.75) is 59.4 Å². The molecule has 0 unspecified atom stereocenters. The van der Waals surface area contributed by atoms with Crippen LogP contribution in [0.2, 0.25) is 0 Å². The van der Waals surface area contributed by atoms with Gasteiger partial charge in [-0.05, 0) is 74.3 Å². The smallest absolute Gasteiger partial charge is 0.281 e. The quantitative estimate of drug-likeness (QED) is 0.226. The van der Waals surface area contributed by atoms with Crippen LogP contribution in [0.15, 0.2) is 65.5 Å². The van der Waals surface area contributed by atoms with Gasteiger partial charge in [0.15, 0.2) is 5.65 Å². The molecule has 0 radical (unpaired) electrons. The maximum Gasteiger partial charge on any atom is 0.281 e. The lowest BCUT2D eigenvalue weighted by Gasteiger charge is -2.21. The Kier molecular flexibility index (Phi) is 9.18. The molecule has 0 N–H and O–H groups in total. The molecule has 0 amide bonds. The Labute approximate surface area is 220 Å². The standard InChI is InChI=1S/C31H40N4O2/c1-5-7-19-33(20-8-6-2)21-18-26-22-24(3)29-30(32-26)34(23-25-14-16-28(37-4)17-15-25)35(31(29)36)27-12-10-9-11-13-27/h9-17,22H,5-8,18-21,23H2,1-4H3. The zero-order valence-corrected chi connectivity index (χ0v) is 22.7. The zero-order valence-electron chi connectivity index (χ0n) is 22.7. The molecule has 2 heterocycles. The molecule has 196 valence electrons. The summed E-state index contributed by atoms with van der Waals surface area (Å²) in [5, 5.41) is 0.690. The van der Waals surface area contributed by atoms with Crippen molar-refractivity contribution in [1.29, 1.82) is 0 Å². The highest BCUT2D eigenvalue weighted by molar-refractivity contribution is 5.79. The van der Waals surface area contributed by atoms with Crippen LogP contribution in [0.3, 0.4) is 0 Å². The first-order valence-electron chi connectivity index (χ1n) is 13.6. The molecule has 0 saturated heterocycles. The van der Waals surface area contributed by atoms with Crippen LogP contribution in [-0.2, 0) is 13.0 Å². The van der Waals surface area contributed by atoms with Gasteiger partial charge in [0.1, 0.15) is 5.75 Å². The highest BCUT2D eigenvalue weighted by atomic mass is 16.5. The number of nitrogens with zero attached hydrogens (tertiary/aromatic N) is 4. The van der Waals surface area contributed by atoms with Gasteiger partial charge >= 0.3 is 0 Å². The van der Waals surface area contributed by atoms with Gasteiger partial charge in [-0.15, -0.1) is 0 Å². The van der Waals surface area contributed by atoms with Gasteiger partial charge < -0.3 is 9.64 Å². The SMILES string of the molecule is CCCCN(CCCC)CCc1cc(C)c2c(=O)n(-c3ccccc3)n(Cc3ccc(OC)cc3)c2n1. The Morgan fingerprint density at radius 1 is 0.919 bits per heavy atom. The van der Waals surface area contributed by atoms with Gasteiger partial charge in [-0.1, -0.05) is 57.0 Å². The molecule has 2 aromatic carbocycles. The number of unbranched alkanes of at least 4 members (excludes halogenated alkanes) is 2. The van der Waals surface area contributed by atoms with Crippen molar-refractivity contribution in [2.75, 3.05) is 26.7 Å². The second-order valence-corrected chi connectivity index (χ2v) is 9.79. The molecule has 0 aliphatic heterocycles. The predicted molar refractivity (Wildman–Crippen MR) is 152 cm³/mol. The van der Waals surface area contributed by atoms with Crippen molar-refractivity contribution in [3.05, 3.63) is 87.8 Å². The Morgan fingerprint density at radius 2 is 1.59 bits per heavy atom. The largest absolute Gasteiger partial charge is 0.497 e.